The summed E-state index contributed by atoms with van der Waals surface area (Å²) in [6, 6.07) is 2.85. The van der Waals surface area contributed by atoms with Crippen LogP contribution in [0.25, 0.3) is 0 Å². The molecule has 1 heterocycles. The molecule has 3 N–H and O–H groups in total. The van der Waals surface area contributed by atoms with E-state index in [4.69, 9.17) is 22.1 Å². The van der Waals surface area contributed by atoms with E-state index in [0.29, 0.717) is 29.4 Å². The monoisotopic (exact) mass is 318 g/mol. The summed E-state index contributed by atoms with van der Waals surface area (Å²) in [5.74, 6) is 0.197. The molecule has 2 unspecified atom stereocenters. The van der Waals surface area contributed by atoms with Crippen molar-refractivity contribution in [1.29, 1.82) is 0 Å². The van der Waals surface area contributed by atoms with Gasteiger partial charge in [0.25, 0.3) is 0 Å². The third-order valence-electron chi connectivity index (χ3n) is 3.74. The Kier molecular flexibility index (Phi) is 4.59. The summed E-state index contributed by atoms with van der Waals surface area (Å²) in [5.41, 5.74) is 6.82. The van der Waals surface area contributed by atoms with Gasteiger partial charge >= 0.3 is 0 Å². The molecule has 0 amide bonds. The largest absolute Gasteiger partial charge is 0.398 e. The molecule has 0 aromatic heterocycles. The molecule has 0 saturated carbocycles. The van der Waals surface area contributed by atoms with Crippen molar-refractivity contribution in [1.82, 2.24) is 4.72 Å². The fourth-order valence-electron chi connectivity index (χ4n) is 2.17. The number of nitrogens with one attached hydrogen (secondary N) is 1. The average Bonchev–Trinajstić information content (AvgIpc) is 2.78. The van der Waals surface area contributed by atoms with E-state index in [2.05, 4.69) is 4.72 Å². The van der Waals surface area contributed by atoms with Crippen LogP contribution in [0.4, 0.5) is 5.69 Å². The van der Waals surface area contributed by atoms with Crippen molar-refractivity contribution in [3.63, 3.8) is 0 Å². The fraction of sp³-hybridized carbons (Fsp3) is 0.538. The van der Waals surface area contributed by atoms with Gasteiger partial charge in [-0.05, 0) is 38.0 Å². The van der Waals surface area contributed by atoms with E-state index >= 15 is 0 Å². The van der Waals surface area contributed by atoms with Crippen molar-refractivity contribution in [3.05, 3.63) is 22.7 Å². The molecular weight excluding hydrogens is 300 g/mol. The van der Waals surface area contributed by atoms with E-state index in [9.17, 15) is 8.42 Å². The van der Waals surface area contributed by atoms with E-state index in [1.165, 1.54) is 12.1 Å². The second kappa shape index (κ2) is 5.89. The van der Waals surface area contributed by atoms with E-state index in [1.54, 1.807) is 6.92 Å². The second-order valence-corrected chi connectivity index (χ2v) is 7.27. The molecule has 1 saturated heterocycles. The van der Waals surface area contributed by atoms with Gasteiger partial charge in [-0.3, -0.25) is 0 Å². The Morgan fingerprint density at radius 1 is 1.50 bits per heavy atom. The molecule has 2 atom stereocenters. The molecule has 112 valence electrons. The molecule has 1 aromatic carbocycles. The van der Waals surface area contributed by atoms with Crippen LogP contribution >= 0.6 is 11.6 Å². The number of nitrogens with two attached hydrogens (primary N) is 1. The van der Waals surface area contributed by atoms with Crippen molar-refractivity contribution in [2.75, 3.05) is 18.9 Å². The lowest BCUT2D eigenvalue weighted by Crippen LogP contribution is -2.32. The van der Waals surface area contributed by atoms with Crippen molar-refractivity contribution in [3.8, 4) is 0 Å². The van der Waals surface area contributed by atoms with Crippen LogP contribution in [0.1, 0.15) is 18.9 Å². The number of benzene rings is 1. The molecule has 0 aliphatic carbocycles. The summed E-state index contributed by atoms with van der Waals surface area (Å²) in [7, 11) is -3.60. The first-order valence-corrected chi connectivity index (χ1v) is 8.34. The van der Waals surface area contributed by atoms with Crippen molar-refractivity contribution >= 4 is 27.3 Å². The second-order valence-electron chi connectivity index (χ2n) is 5.10. The Morgan fingerprint density at radius 2 is 2.20 bits per heavy atom. The number of halogens is 1. The predicted molar refractivity (Wildman–Crippen MR) is 79.3 cm³/mol. The normalized spacial score (nSPS) is 23.1. The number of anilines is 1. The zero-order chi connectivity index (χ0) is 14.9. The maximum atomic E-state index is 12.2. The minimum absolute atomic E-state index is 0.0735. The minimum atomic E-state index is -3.60. The van der Waals surface area contributed by atoms with Crippen molar-refractivity contribution in [2.24, 2.45) is 5.92 Å². The highest BCUT2D eigenvalue weighted by atomic mass is 35.5. The summed E-state index contributed by atoms with van der Waals surface area (Å²) < 4.78 is 32.5. The number of nitrogen functional groups attached to an aromatic ring is 1. The molecule has 1 fully saturated rings. The molecule has 0 spiro atoms. The zero-order valence-electron chi connectivity index (χ0n) is 11.5. The third-order valence-corrected chi connectivity index (χ3v) is 5.53. The van der Waals surface area contributed by atoms with Crippen LogP contribution in [0.15, 0.2) is 17.0 Å². The zero-order valence-corrected chi connectivity index (χ0v) is 13.1. The lowest BCUT2D eigenvalue weighted by Gasteiger charge is -2.15. The topological polar surface area (TPSA) is 81.4 Å². The summed E-state index contributed by atoms with van der Waals surface area (Å²) in [4.78, 5) is 0.0946. The predicted octanol–water partition coefficient (Wildman–Crippen LogP) is 1.93. The summed E-state index contributed by atoms with van der Waals surface area (Å²) in [6.07, 6.45) is 0.935. The third kappa shape index (κ3) is 3.25. The van der Waals surface area contributed by atoms with E-state index in [-0.39, 0.29) is 16.9 Å². The Balaban J connectivity index is 2.14. The highest BCUT2D eigenvalue weighted by Gasteiger charge is 2.26. The molecular formula is C13H19ClN2O3S. The summed E-state index contributed by atoms with van der Waals surface area (Å²) in [5, 5.41) is 0.350. The molecule has 7 heteroatoms. The smallest absolute Gasteiger partial charge is 0.240 e. The van der Waals surface area contributed by atoms with E-state index in [0.717, 1.165) is 6.42 Å². The summed E-state index contributed by atoms with van der Waals surface area (Å²) in [6.45, 7) is 4.73. The van der Waals surface area contributed by atoms with Crippen LogP contribution in [0.5, 0.6) is 0 Å². The molecule has 1 aliphatic rings. The van der Waals surface area contributed by atoms with E-state index < -0.39 is 10.0 Å². The standard InChI is InChI=1S/C13H19ClN2O3S/c1-8-12(14)5-11(6-13(8)15)20(17,18)16-7-10-3-4-19-9(10)2/h5-6,9-10,16H,3-4,7,15H2,1-2H3. The van der Waals surface area contributed by atoms with Gasteiger partial charge in [0, 0.05) is 29.8 Å². The minimum Gasteiger partial charge on any atom is -0.398 e. The van der Waals surface area contributed by atoms with Crippen LogP contribution in [0.2, 0.25) is 5.02 Å². The molecule has 0 bridgehead atoms. The Hall–Kier alpha value is -0.820. The van der Waals surface area contributed by atoms with Gasteiger partial charge < -0.3 is 10.5 Å². The number of ether oxygens (including phenoxy) is 1. The van der Waals surface area contributed by atoms with Gasteiger partial charge in [-0.25, -0.2) is 13.1 Å². The molecule has 5 nitrogen and oxygen atoms in total. The Morgan fingerprint density at radius 3 is 2.75 bits per heavy atom. The summed E-state index contributed by atoms with van der Waals surface area (Å²) >= 11 is 5.98. The molecule has 0 radical (unpaired) electrons. The van der Waals surface area contributed by atoms with E-state index in [1.807, 2.05) is 6.92 Å². The van der Waals surface area contributed by atoms with Gasteiger partial charge in [-0.15, -0.1) is 0 Å². The molecule has 2 rings (SSSR count). The average molecular weight is 319 g/mol. The highest BCUT2D eigenvalue weighted by Crippen LogP contribution is 2.26. The van der Waals surface area contributed by atoms with Gasteiger partial charge in [0.2, 0.25) is 10.0 Å². The quantitative estimate of drug-likeness (QED) is 0.831. The Bertz CT molecular complexity index is 581. The maximum absolute atomic E-state index is 12.2. The van der Waals surface area contributed by atoms with Crippen LogP contribution in [-0.2, 0) is 14.8 Å². The lowest BCUT2D eigenvalue weighted by atomic mass is 10.0. The number of hydrogen-bond acceptors (Lipinski definition) is 4. The SMILES string of the molecule is Cc1c(N)cc(S(=O)(=O)NCC2CCOC2C)cc1Cl. The van der Waals surface area contributed by atoms with Gasteiger partial charge in [0.05, 0.1) is 11.0 Å². The number of hydrogen-bond donors (Lipinski definition) is 2. The van der Waals surface area contributed by atoms with Crippen LogP contribution in [-0.4, -0.2) is 27.7 Å². The van der Waals surface area contributed by atoms with Gasteiger partial charge in [-0.2, -0.15) is 0 Å². The lowest BCUT2D eigenvalue weighted by molar-refractivity contribution is 0.107. The molecule has 1 aliphatic heterocycles. The fourth-order valence-corrected chi connectivity index (χ4v) is 3.62. The highest BCUT2D eigenvalue weighted by molar-refractivity contribution is 7.89. The van der Waals surface area contributed by atoms with Crippen molar-refractivity contribution in [2.45, 2.75) is 31.3 Å². The molecule has 20 heavy (non-hydrogen) atoms. The first kappa shape index (κ1) is 15.6. The number of sulfonamides is 1. The van der Waals surface area contributed by atoms with Crippen LogP contribution in [0.3, 0.4) is 0 Å². The molecule has 1 aromatic rings. The Labute approximate surface area is 124 Å². The first-order valence-electron chi connectivity index (χ1n) is 6.48. The van der Waals surface area contributed by atoms with Crippen LogP contribution in [0, 0.1) is 12.8 Å². The van der Waals surface area contributed by atoms with Crippen molar-refractivity contribution < 1.29 is 13.2 Å². The van der Waals surface area contributed by atoms with Gasteiger partial charge in [0.1, 0.15) is 0 Å². The van der Waals surface area contributed by atoms with Gasteiger partial charge in [-0.1, -0.05) is 11.6 Å². The van der Waals surface area contributed by atoms with Gasteiger partial charge in [0.15, 0.2) is 0 Å². The first-order chi connectivity index (χ1) is 9.31. The maximum Gasteiger partial charge on any atom is 0.240 e. The van der Waals surface area contributed by atoms with Crippen LogP contribution < -0.4 is 10.5 Å². The number of rotatable bonds is 4.